The Hall–Kier alpha value is -2.65. The molecular weight excluding hydrogens is 426 g/mol. The van der Waals surface area contributed by atoms with Gasteiger partial charge in [-0.15, -0.1) is 0 Å². The van der Waals surface area contributed by atoms with E-state index in [4.69, 9.17) is 9.47 Å². The largest absolute Gasteiger partial charge is 0.392 e. The van der Waals surface area contributed by atoms with Crippen LogP contribution in [0.4, 0.5) is 5.69 Å². The molecule has 168 valence electrons. The number of amides is 1. The number of imidazole rings is 1. The lowest BCUT2D eigenvalue weighted by molar-refractivity contribution is -0.245. The summed E-state index contributed by atoms with van der Waals surface area (Å²) in [5.74, 6) is 0.639. The van der Waals surface area contributed by atoms with Crippen molar-refractivity contribution in [2.45, 2.75) is 43.6 Å². The van der Waals surface area contributed by atoms with Gasteiger partial charge in [0.2, 0.25) is 5.91 Å². The molecule has 1 amide bonds. The van der Waals surface area contributed by atoms with Crippen LogP contribution in [0.5, 0.6) is 0 Å². The number of thioether (sulfide) groups is 1. The first-order chi connectivity index (χ1) is 15.5. The third kappa shape index (κ3) is 5.58. The summed E-state index contributed by atoms with van der Waals surface area (Å²) >= 11 is 1.66. The predicted octanol–water partition coefficient (Wildman–Crippen LogP) is 4.21. The third-order valence-electron chi connectivity index (χ3n) is 5.29. The Balaban J connectivity index is 1.52. The van der Waals surface area contributed by atoms with Gasteiger partial charge in [0, 0.05) is 49.8 Å². The number of nitrogens with zero attached hydrogens (tertiary/aromatic N) is 2. The Morgan fingerprint density at radius 3 is 2.50 bits per heavy atom. The molecule has 2 heterocycles. The number of carbonyl (C=O) groups excluding carboxylic acids is 1. The van der Waals surface area contributed by atoms with E-state index < -0.39 is 6.29 Å². The summed E-state index contributed by atoms with van der Waals surface area (Å²) in [6.07, 6.45) is 3.74. The molecule has 0 aliphatic carbocycles. The fourth-order valence-corrected chi connectivity index (χ4v) is 4.56. The molecule has 1 saturated heterocycles. The summed E-state index contributed by atoms with van der Waals surface area (Å²) in [5.41, 5.74) is 3.54. The molecule has 1 aliphatic heterocycles. The van der Waals surface area contributed by atoms with Gasteiger partial charge in [-0.05, 0) is 23.3 Å². The van der Waals surface area contributed by atoms with Gasteiger partial charge < -0.3 is 24.5 Å². The maximum Gasteiger partial charge on any atom is 0.221 e. The molecule has 8 heteroatoms. The van der Waals surface area contributed by atoms with Crippen molar-refractivity contribution in [3.05, 3.63) is 77.6 Å². The van der Waals surface area contributed by atoms with Crippen LogP contribution >= 0.6 is 11.8 Å². The maximum absolute atomic E-state index is 11.3. The predicted molar refractivity (Wildman–Crippen MR) is 123 cm³/mol. The highest BCUT2D eigenvalue weighted by Crippen LogP contribution is 2.39. The minimum absolute atomic E-state index is 0.0150. The molecule has 7 nitrogen and oxygen atoms in total. The van der Waals surface area contributed by atoms with Gasteiger partial charge >= 0.3 is 0 Å². The molecule has 4 rings (SSSR count). The van der Waals surface area contributed by atoms with Gasteiger partial charge in [0.05, 0.1) is 18.8 Å². The molecule has 0 unspecified atom stereocenters. The van der Waals surface area contributed by atoms with Crippen LogP contribution in [0.15, 0.2) is 66.1 Å². The second-order valence-corrected chi connectivity index (χ2v) is 8.77. The van der Waals surface area contributed by atoms with Crippen LogP contribution in [0.3, 0.4) is 0 Å². The number of aryl methyl sites for hydroxylation is 1. The van der Waals surface area contributed by atoms with Crippen LogP contribution in [0.25, 0.3) is 0 Å². The first-order valence-corrected chi connectivity index (χ1v) is 11.5. The number of aromatic nitrogens is 2. The zero-order valence-electron chi connectivity index (χ0n) is 18.1. The molecule has 0 saturated carbocycles. The summed E-state index contributed by atoms with van der Waals surface area (Å²) in [6, 6.07) is 15.4. The van der Waals surface area contributed by atoms with Gasteiger partial charge in [0.25, 0.3) is 0 Å². The van der Waals surface area contributed by atoms with Crippen molar-refractivity contribution >= 4 is 23.4 Å². The summed E-state index contributed by atoms with van der Waals surface area (Å²) < 4.78 is 14.7. The van der Waals surface area contributed by atoms with E-state index in [9.17, 15) is 9.90 Å². The topological polar surface area (TPSA) is 85.6 Å². The first kappa shape index (κ1) is 22.5. The van der Waals surface area contributed by atoms with Crippen molar-refractivity contribution in [1.29, 1.82) is 0 Å². The van der Waals surface area contributed by atoms with Gasteiger partial charge in [0.15, 0.2) is 11.4 Å². The Labute approximate surface area is 191 Å². The number of benzene rings is 2. The van der Waals surface area contributed by atoms with Crippen molar-refractivity contribution < 1.29 is 19.4 Å². The monoisotopic (exact) mass is 453 g/mol. The zero-order valence-corrected chi connectivity index (χ0v) is 18.9. The van der Waals surface area contributed by atoms with E-state index in [0.29, 0.717) is 0 Å². The van der Waals surface area contributed by atoms with E-state index in [0.717, 1.165) is 39.7 Å². The molecule has 0 spiro atoms. The molecule has 1 aliphatic rings. The Morgan fingerprint density at radius 2 is 1.88 bits per heavy atom. The Morgan fingerprint density at radius 1 is 1.16 bits per heavy atom. The van der Waals surface area contributed by atoms with E-state index in [-0.39, 0.29) is 24.7 Å². The summed E-state index contributed by atoms with van der Waals surface area (Å²) in [4.78, 5) is 15.7. The number of nitrogens with one attached hydrogen (secondary N) is 1. The van der Waals surface area contributed by atoms with Crippen molar-refractivity contribution in [2.75, 3.05) is 11.1 Å². The van der Waals surface area contributed by atoms with Crippen molar-refractivity contribution in [2.24, 2.45) is 7.05 Å². The number of anilines is 1. The number of hydrogen-bond donors (Lipinski definition) is 2. The van der Waals surface area contributed by atoms with Crippen LogP contribution < -0.4 is 5.32 Å². The minimum atomic E-state index is -0.524. The van der Waals surface area contributed by atoms with E-state index in [2.05, 4.69) is 10.3 Å². The van der Waals surface area contributed by atoms with Gasteiger partial charge in [-0.3, -0.25) is 4.79 Å². The highest BCUT2D eigenvalue weighted by molar-refractivity contribution is 7.99. The standard InChI is InChI=1S/C24H27N3O4S/c1-16(29)26-20-9-7-19(8-10-20)23-30-21(15-32-24-25-11-12-27(24)2)13-22(31-23)18-5-3-17(14-28)4-6-18/h3-12,21-23,28H,13-15H2,1-2H3,(H,26,29)/t21-,22+,23+/m0/s1. The van der Waals surface area contributed by atoms with Crippen molar-refractivity contribution in [3.63, 3.8) is 0 Å². The van der Waals surface area contributed by atoms with E-state index in [1.165, 1.54) is 6.92 Å². The number of rotatable bonds is 7. The lowest BCUT2D eigenvalue weighted by Gasteiger charge is -2.36. The molecule has 2 aromatic carbocycles. The van der Waals surface area contributed by atoms with E-state index in [1.54, 1.807) is 18.0 Å². The number of aliphatic hydroxyl groups excluding tert-OH is 1. The second kappa shape index (κ2) is 10.3. The molecule has 2 N–H and O–H groups in total. The number of carbonyl (C=O) groups is 1. The SMILES string of the molecule is CC(=O)Nc1ccc([C@@H]2O[C@H](CSc3nccn3C)C[C@H](c3ccc(CO)cc3)O2)cc1. The molecule has 0 radical (unpaired) electrons. The van der Waals surface area contributed by atoms with Gasteiger partial charge in [-0.1, -0.05) is 48.2 Å². The van der Waals surface area contributed by atoms with Crippen LogP contribution in [0.2, 0.25) is 0 Å². The number of ether oxygens (including phenoxy) is 2. The van der Waals surface area contributed by atoms with E-state index in [1.807, 2.05) is 66.3 Å². The van der Waals surface area contributed by atoms with Crippen LogP contribution in [0.1, 0.15) is 42.4 Å². The summed E-state index contributed by atoms with van der Waals surface area (Å²) in [6.45, 7) is 1.50. The quantitative estimate of drug-likeness (QED) is 0.522. The second-order valence-electron chi connectivity index (χ2n) is 7.79. The number of aliphatic hydroxyl groups is 1. The van der Waals surface area contributed by atoms with Crippen LogP contribution in [-0.2, 0) is 27.9 Å². The Kier molecular flexibility index (Phi) is 7.26. The minimum Gasteiger partial charge on any atom is -0.392 e. The van der Waals surface area contributed by atoms with Crippen molar-refractivity contribution in [1.82, 2.24) is 9.55 Å². The molecule has 1 aromatic heterocycles. The highest BCUT2D eigenvalue weighted by Gasteiger charge is 2.32. The molecular formula is C24H27N3O4S. The lowest BCUT2D eigenvalue weighted by atomic mass is 10.0. The van der Waals surface area contributed by atoms with Crippen LogP contribution in [0, 0.1) is 0 Å². The molecule has 3 atom stereocenters. The highest BCUT2D eigenvalue weighted by atomic mass is 32.2. The molecule has 32 heavy (non-hydrogen) atoms. The maximum atomic E-state index is 11.3. The van der Waals surface area contributed by atoms with Gasteiger partial charge in [-0.25, -0.2) is 4.98 Å². The fourth-order valence-electron chi connectivity index (χ4n) is 3.61. The smallest absolute Gasteiger partial charge is 0.221 e. The third-order valence-corrected chi connectivity index (χ3v) is 6.48. The average molecular weight is 454 g/mol. The number of hydrogen-bond acceptors (Lipinski definition) is 6. The van der Waals surface area contributed by atoms with Crippen molar-refractivity contribution in [3.8, 4) is 0 Å². The molecule has 1 fully saturated rings. The first-order valence-electron chi connectivity index (χ1n) is 10.5. The lowest BCUT2D eigenvalue weighted by Crippen LogP contribution is -2.31. The zero-order chi connectivity index (χ0) is 22.5. The van der Waals surface area contributed by atoms with Gasteiger partial charge in [-0.2, -0.15) is 0 Å². The van der Waals surface area contributed by atoms with E-state index >= 15 is 0 Å². The van der Waals surface area contributed by atoms with Gasteiger partial charge in [0.1, 0.15) is 0 Å². The summed E-state index contributed by atoms with van der Waals surface area (Å²) in [7, 11) is 1.98. The summed E-state index contributed by atoms with van der Waals surface area (Å²) in [5, 5.41) is 13.1. The average Bonchev–Trinajstić information content (AvgIpc) is 3.22. The molecule has 3 aromatic rings. The molecule has 0 bridgehead atoms. The fraction of sp³-hybridized carbons (Fsp3) is 0.333. The normalized spacial score (nSPS) is 20.8. The Bertz CT molecular complexity index is 1040. The van der Waals surface area contributed by atoms with Crippen LogP contribution in [-0.4, -0.2) is 32.4 Å².